The molecule has 0 atom stereocenters. The molecular formula is C23H33N3O2+2. The minimum absolute atomic E-state index is 0.0824. The summed E-state index contributed by atoms with van der Waals surface area (Å²) >= 11 is 0. The van der Waals surface area contributed by atoms with Gasteiger partial charge in [-0.3, -0.25) is 4.79 Å². The minimum Gasteiger partial charge on any atom is -0.507 e. The number of quaternary nitrogens is 2. The Labute approximate surface area is 168 Å². The van der Waals surface area contributed by atoms with Crippen LogP contribution < -0.4 is 15.1 Å². The van der Waals surface area contributed by atoms with E-state index in [1.807, 2.05) is 32.0 Å². The van der Waals surface area contributed by atoms with Crippen LogP contribution in [0.15, 0.2) is 30.3 Å². The van der Waals surface area contributed by atoms with E-state index in [0.717, 1.165) is 55.1 Å². The lowest BCUT2D eigenvalue weighted by molar-refractivity contribution is -1.02. The van der Waals surface area contributed by atoms with E-state index in [1.54, 1.807) is 0 Å². The van der Waals surface area contributed by atoms with E-state index < -0.39 is 0 Å². The Bertz CT molecular complexity index is 855. The lowest BCUT2D eigenvalue weighted by atomic mass is 10.0. The molecular weight excluding hydrogens is 350 g/mol. The van der Waals surface area contributed by atoms with Crippen LogP contribution in [0.4, 0.5) is 5.69 Å². The molecule has 0 saturated carbocycles. The third kappa shape index (κ3) is 4.91. The molecule has 2 aromatic carbocycles. The van der Waals surface area contributed by atoms with Gasteiger partial charge in [-0.1, -0.05) is 12.1 Å². The van der Waals surface area contributed by atoms with Gasteiger partial charge in [-0.2, -0.15) is 0 Å². The summed E-state index contributed by atoms with van der Waals surface area (Å²) < 4.78 is 0. The van der Waals surface area contributed by atoms with Crippen molar-refractivity contribution in [2.45, 2.75) is 34.2 Å². The zero-order valence-corrected chi connectivity index (χ0v) is 17.5. The van der Waals surface area contributed by atoms with Gasteiger partial charge in [-0.25, -0.2) is 0 Å². The van der Waals surface area contributed by atoms with E-state index in [-0.39, 0.29) is 5.91 Å². The normalized spacial score (nSPS) is 19.4. The molecule has 0 radical (unpaired) electrons. The summed E-state index contributed by atoms with van der Waals surface area (Å²) in [7, 11) is 0. The first kappa shape index (κ1) is 20.4. The monoisotopic (exact) mass is 383 g/mol. The molecule has 0 aromatic heterocycles. The molecule has 0 bridgehead atoms. The number of aromatic hydroxyl groups is 1. The molecule has 0 unspecified atom stereocenters. The molecule has 5 nitrogen and oxygen atoms in total. The van der Waals surface area contributed by atoms with E-state index in [1.165, 1.54) is 20.9 Å². The van der Waals surface area contributed by atoms with Crippen LogP contribution in [0.25, 0.3) is 0 Å². The third-order valence-corrected chi connectivity index (χ3v) is 6.09. The van der Waals surface area contributed by atoms with Crippen LogP contribution >= 0.6 is 0 Å². The molecule has 1 fully saturated rings. The number of benzene rings is 2. The molecule has 0 spiro atoms. The fourth-order valence-electron chi connectivity index (χ4n) is 3.89. The summed E-state index contributed by atoms with van der Waals surface area (Å²) in [6.07, 6.45) is 0. The maximum atomic E-state index is 12.5. The quantitative estimate of drug-likeness (QED) is 0.610. The third-order valence-electron chi connectivity index (χ3n) is 6.09. The van der Waals surface area contributed by atoms with Crippen LogP contribution in [-0.2, 0) is 11.3 Å². The highest BCUT2D eigenvalue weighted by Crippen LogP contribution is 2.21. The molecule has 5 heteroatoms. The molecule has 28 heavy (non-hydrogen) atoms. The van der Waals surface area contributed by atoms with Crippen molar-refractivity contribution in [3.63, 3.8) is 0 Å². The average Bonchev–Trinajstić information content (AvgIpc) is 2.65. The van der Waals surface area contributed by atoms with Crippen molar-refractivity contribution < 1.29 is 19.7 Å². The van der Waals surface area contributed by atoms with Gasteiger partial charge in [0.15, 0.2) is 6.54 Å². The SMILES string of the molecule is Cc1cc(O)c(C[NH+]2CC[NH+](CC(=O)Nc3cccc(C)c3C)CC2)cc1C. The fraction of sp³-hybridized carbons (Fsp3) is 0.435. The Morgan fingerprint density at radius 3 is 2.32 bits per heavy atom. The lowest BCUT2D eigenvalue weighted by Crippen LogP contribution is -3.28. The topological polar surface area (TPSA) is 58.2 Å². The summed E-state index contributed by atoms with van der Waals surface area (Å²) in [4.78, 5) is 15.3. The highest BCUT2D eigenvalue weighted by atomic mass is 16.3. The summed E-state index contributed by atoms with van der Waals surface area (Å²) in [6.45, 7) is 13.5. The zero-order chi connectivity index (χ0) is 20.3. The van der Waals surface area contributed by atoms with Gasteiger partial charge in [-0.05, 0) is 68.1 Å². The van der Waals surface area contributed by atoms with Gasteiger partial charge in [0.1, 0.15) is 38.5 Å². The van der Waals surface area contributed by atoms with Crippen LogP contribution in [0.3, 0.4) is 0 Å². The minimum atomic E-state index is 0.0824. The largest absolute Gasteiger partial charge is 0.507 e. The number of piperazine rings is 1. The molecule has 1 amide bonds. The molecule has 1 heterocycles. The number of amides is 1. The van der Waals surface area contributed by atoms with Crippen LogP contribution in [0.2, 0.25) is 0 Å². The molecule has 3 rings (SSSR count). The second-order valence-electron chi connectivity index (χ2n) is 8.21. The molecule has 1 aliphatic heterocycles. The van der Waals surface area contributed by atoms with Gasteiger partial charge in [0.05, 0.1) is 0 Å². The van der Waals surface area contributed by atoms with E-state index in [0.29, 0.717) is 12.3 Å². The summed E-state index contributed by atoms with van der Waals surface area (Å²) in [5, 5.41) is 13.3. The fourth-order valence-corrected chi connectivity index (χ4v) is 3.89. The Morgan fingerprint density at radius 2 is 1.61 bits per heavy atom. The smallest absolute Gasteiger partial charge is 0.279 e. The number of aryl methyl sites for hydroxylation is 3. The average molecular weight is 384 g/mol. The van der Waals surface area contributed by atoms with E-state index >= 15 is 0 Å². The molecule has 2 aromatic rings. The van der Waals surface area contributed by atoms with Gasteiger partial charge in [0.25, 0.3) is 5.91 Å². The van der Waals surface area contributed by atoms with Crippen molar-refractivity contribution in [1.29, 1.82) is 0 Å². The van der Waals surface area contributed by atoms with Gasteiger partial charge < -0.3 is 20.2 Å². The summed E-state index contributed by atoms with van der Waals surface area (Å²) in [5.74, 6) is 0.484. The maximum absolute atomic E-state index is 12.5. The summed E-state index contributed by atoms with van der Waals surface area (Å²) in [5.41, 5.74) is 6.61. The molecule has 0 aliphatic carbocycles. The van der Waals surface area contributed by atoms with Crippen molar-refractivity contribution in [2.75, 3.05) is 38.0 Å². The maximum Gasteiger partial charge on any atom is 0.279 e. The van der Waals surface area contributed by atoms with Gasteiger partial charge in [0.2, 0.25) is 0 Å². The Balaban J connectivity index is 1.49. The van der Waals surface area contributed by atoms with E-state index in [2.05, 4.69) is 31.3 Å². The Hall–Kier alpha value is -2.37. The second-order valence-corrected chi connectivity index (χ2v) is 8.21. The van der Waals surface area contributed by atoms with E-state index in [4.69, 9.17) is 0 Å². The number of anilines is 1. The van der Waals surface area contributed by atoms with Gasteiger partial charge in [-0.15, -0.1) is 0 Å². The van der Waals surface area contributed by atoms with Crippen LogP contribution in [0.5, 0.6) is 5.75 Å². The van der Waals surface area contributed by atoms with Crippen molar-refractivity contribution in [3.8, 4) is 5.75 Å². The van der Waals surface area contributed by atoms with Gasteiger partial charge in [0, 0.05) is 11.3 Å². The predicted octanol–water partition coefficient (Wildman–Crippen LogP) is 0.548. The van der Waals surface area contributed by atoms with Crippen LogP contribution in [0.1, 0.15) is 27.8 Å². The number of hydrogen-bond acceptors (Lipinski definition) is 2. The predicted molar refractivity (Wildman–Crippen MR) is 112 cm³/mol. The van der Waals surface area contributed by atoms with Crippen molar-refractivity contribution in [3.05, 3.63) is 58.1 Å². The Kier molecular flexibility index (Phi) is 6.37. The number of nitrogens with one attached hydrogen (secondary N) is 3. The summed E-state index contributed by atoms with van der Waals surface area (Å²) in [6, 6.07) is 9.98. The zero-order valence-electron chi connectivity index (χ0n) is 17.5. The number of phenols is 1. The molecule has 1 saturated heterocycles. The molecule has 150 valence electrons. The number of rotatable bonds is 5. The van der Waals surface area contributed by atoms with Crippen LogP contribution in [-0.4, -0.2) is 43.7 Å². The van der Waals surface area contributed by atoms with Gasteiger partial charge >= 0.3 is 0 Å². The first-order chi connectivity index (χ1) is 13.3. The number of carbonyl (C=O) groups excluding carboxylic acids is 1. The standard InChI is InChI=1S/C23H31N3O2/c1-16-6-5-7-21(19(16)4)24-23(28)15-26-10-8-25(9-11-26)14-20-12-17(2)18(3)13-22(20)27/h5-7,12-13,27H,8-11,14-15H2,1-4H3,(H,24,28)/p+2. The Morgan fingerprint density at radius 1 is 0.964 bits per heavy atom. The molecule has 4 N–H and O–H groups in total. The first-order valence-corrected chi connectivity index (χ1v) is 10.2. The number of carbonyl (C=O) groups is 1. The second kappa shape index (κ2) is 8.76. The highest BCUT2D eigenvalue weighted by molar-refractivity contribution is 5.92. The first-order valence-electron chi connectivity index (χ1n) is 10.2. The lowest BCUT2D eigenvalue weighted by Gasteiger charge is -2.29. The number of hydrogen-bond donors (Lipinski definition) is 4. The van der Waals surface area contributed by atoms with Crippen molar-refractivity contribution in [2.24, 2.45) is 0 Å². The highest BCUT2D eigenvalue weighted by Gasteiger charge is 2.25. The number of phenolic OH excluding ortho intramolecular Hbond substituents is 1. The van der Waals surface area contributed by atoms with E-state index in [9.17, 15) is 9.90 Å². The van der Waals surface area contributed by atoms with Crippen LogP contribution in [0, 0.1) is 27.7 Å². The van der Waals surface area contributed by atoms with Crippen molar-refractivity contribution >= 4 is 11.6 Å². The molecule has 1 aliphatic rings. The van der Waals surface area contributed by atoms with Crippen molar-refractivity contribution in [1.82, 2.24) is 0 Å².